The van der Waals surface area contributed by atoms with Gasteiger partial charge in [-0.15, -0.1) is 0 Å². The largest absolute Gasteiger partial charge is 0.379 e. The van der Waals surface area contributed by atoms with Crippen molar-refractivity contribution in [1.82, 2.24) is 9.80 Å². The van der Waals surface area contributed by atoms with Gasteiger partial charge in [0, 0.05) is 38.3 Å². The van der Waals surface area contributed by atoms with Crippen molar-refractivity contribution in [2.45, 2.75) is 13.5 Å². The molecule has 6 heteroatoms. The predicted octanol–water partition coefficient (Wildman–Crippen LogP) is 0.712. The van der Waals surface area contributed by atoms with Gasteiger partial charge in [0.1, 0.15) is 0 Å². The van der Waals surface area contributed by atoms with Crippen molar-refractivity contribution in [3.8, 4) is 0 Å². The van der Waals surface area contributed by atoms with Crippen LogP contribution in [0, 0.1) is 11.8 Å². The molecule has 0 spiro atoms. The monoisotopic (exact) mass is 331 g/mol. The molecule has 3 rings (SSSR count). The van der Waals surface area contributed by atoms with E-state index >= 15 is 0 Å². The number of benzene rings is 1. The summed E-state index contributed by atoms with van der Waals surface area (Å²) in [5.74, 6) is -0.466. The zero-order valence-corrected chi connectivity index (χ0v) is 14.1. The second-order valence-corrected chi connectivity index (χ2v) is 6.74. The highest BCUT2D eigenvalue weighted by atomic mass is 16.5. The Kier molecular flexibility index (Phi) is 5.16. The van der Waals surface area contributed by atoms with Crippen molar-refractivity contribution in [2.24, 2.45) is 17.6 Å². The highest BCUT2D eigenvalue weighted by molar-refractivity contribution is 5.96. The second-order valence-electron chi connectivity index (χ2n) is 6.74. The average molecular weight is 331 g/mol. The Morgan fingerprint density at radius 2 is 1.92 bits per heavy atom. The molecule has 2 N–H and O–H groups in total. The van der Waals surface area contributed by atoms with E-state index in [9.17, 15) is 9.59 Å². The van der Waals surface area contributed by atoms with Gasteiger partial charge in [-0.05, 0) is 17.5 Å². The first-order chi connectivity index (χ1) is 11.6. The van der Waals surface area contributed by atoms with Gasteiger partial charge in [-0.25, -0.2) is 0 Å². The number of morpholine rings is 1. The lowest BCUT2D eigenvalue weighted by molar-refractivity contribution is -0.122. The molecule has 2 aliphatic heterocycles. The fourth-order valence-electron chi connectivity index (χ4n) is 3.54. The highest BCUT2D eigenvalue weighted by Gasteiger charge is 2.36. The number of amides is 2. The van der Waals surface area contributed by atoms with Crippen molar-refractivity contribution >= 4 is 11.8 Å². The molecule has 2 atom stereocenters. The minimum atomic E-state index is -0.320. The van der Waals surface area contributed by atoms with E-state index in [4.69, 9.17) is 10.5 Å². The van der Waals surface area contributed by atoms with Gasteiger partial charge in [-0.1, -0.05) is 25.1 Å². The van der Waals surface area contributed by atoms with Crippen LogP contribution in [0.4, 0.5) is 0 Å². The Labute approximate surface area is 142 Å². The summed E-state index contributed by atoms with van der Waals surface area (Å²) in [7, 11) is 0. The maximum absolute atomic E-state index is 13.0. The van der Waals surface area contributed by atoms with E-state index in [1.807, 2.05) is 31.2 Å². The number of nitrogens with zero attached hydrogens (tertiary/aromatic N) is 2. The average Bonchev–Trinajstić information content (AvgIpc) is 2.98. The first kappa shape index (κ1) is 16.9. The molecule has 2 aliphatic rings. The fourth-order valence-corrected chi connectivity index (χ4v) is 3.54. The van der Waals surface area contributed by atoms with E-state index in [-0.39, 0.29) is 23.7 Å². The van der Waals surface area contributed by atoms with E-state index in [2.05, 4.69) is 4.90 Å². The molecule has 24 heavy (non-hydrogen) atoms. The zero-order valence-electron chi connectivity index (χ0n) is 14.1. The molecule has 0 radical (unpaired) electrons. The van der Waals surface area contributed by atoms with E-state index < -0.39 is 0 Å². The quantitative estimate of drug-likeness (QED) is 0.882. The van der Waals surface area contributed by atoms with Crippen LogP contribution in [0.15, 0.2) is 24.3 Å². The third kappa shape index (κ3) is 3.60. The van der Waals surface area contributed by atoms with Crippen LogP contribution in [0.5, 0.6) is 0 Å². The number of nitrogens with two attached hydrogens (primary N) is 1. The molecule has 2 heterocycles. The van der Waals surface area contributed by atoms with Gasteiger partial charge in [0.15, 0.2) is 0 Å². The number of hydrogen-bond acceptors (Lipinski definition) is 4. The number of carbonyl (C=O) groups is 2. The maximum Gasteiger partial charge on any atom is 0.254 e. The summed E-state index contributed by atoms with van der Waals surface area (Å²) >= 11 is 0. The number of carbonyl (C=O) groups excluding carboxylic acids is 2. The second kappa shape index (κ2) is 7.32. The van der Waals surface area contributed by atoms with Crippen LogP contribution in [-0.4, -0.2) is 61.0 Å². The smallest absolute Gasteiger partial charge is 0.254 e. The van der Waals surface area contributed by atoms with Crippen molar-refractivity contribution in [3.05, 3.63) is 35.4 Å². The Balaban J connectivity index is 1.74. The van der Waals surface area contributed by atoms with Gasteiger partial charge >= 0.3 is 0 Å². The summed E-state index contributed by atoms with van der Waals surface area (Å²) < 4.78 is 5.38. The van der Waals surface area contributed by atoms with E-state index in [1.54, 1.807) is 4.90 Å². The minimum absolute atomic E-state index is 0.00513. The van der Waals surface area contributed by atoms with Crippen molar-refractivity contribution < 1.29 is 14.3 Å². The Hall–Kier alpha value is -1.92. The van der Waals surface area contributed by atoms with Gasteiger partial charge in [-0.2, -0.15) is 0 Å². The van der Waals surface area contributed by atoms with E-state index in [1.165, 1.54) is 0 Å². The molecular weight excluding hydrogens is 306 g/mol. The molecule has 0 bridgehead atoms. The van der Waals surface area contributed by atoms with Crippen LogP contribution in [0.2, 0.25) is 0 Å². The van der Waals surface area contributed by atoms with Crippen LogP contribution in [-0.2, 0) is 16.1 Å². The maximum atomic E-state index is 13.0. The van der Waals surface area contributed by atoms with Gasteiger partial charge in [0.05, 0.1) is 19.1 Å². The number of hydrogen-bond donors (Lipinski definition) is 1. The summed E-state index contributed by atoms with van der Waals surface area (Å²) in [6, 6.07) is 7.74. The normalized spacial score (nSPS) is 25.0. The standard InChI is InChI=1S/C18H25N3O3/c1-13-10-21(12-16(13)17(19)22)18(23)15-5-3-2-4-14(15)11-20-6-8-24-9-7-20/h2-5,13,16H,6-12H2,1H3,(H2,19,22)/t13-,16-/m1/s1. The minimum Gasteiger partial charge on any atom is -0.379 e. The molecule has 2 saturated heterocycles. The molecule has 0 aromatic heterocycles. The predicted molar refractivity (Wildman–Crippen MR) is 90.3 cm³/mol. The summed E-state index contributed by atoms with van der Waals surface area (Å²) in [5.41, 5.74) is 7.20. The fraction of sp³-hybridized carbons (Fsp3) is 0.556. The molecule has 1 aromatic carbocycles. The molecule has 2 fully saturated rings. The molecule has 2 amide bonds. The molecule has 130 valence electrons. The van der Waals surface area contributed by atoms with Crippen LogP contribution < -0.4 is 5.73 Å². The van der Waals surface area contributed by atoms with Gasteiger partial charge < -0.3 is 15.4 Å². The topological polar surface area (TPSA) is 75.9 Å². The molecule has 0 aliphatic carbocycles. The first-order valence-corrected chi connectivity index (χ1v) is 8.53. The summed E-state index contributed by atoms with van der Waals surface area (Å²) in [6.45, 7) is 6.95. The number of ether oxygens (including phenoxy) is 1. The zero-order chi connectivity index (χ0) is 17.1. The lowest BCUT2D eigenvalue weighted by atomic mass is 9.98. The van der Waals surface area contributed by atoms with Gasteiger partial charge in [-0.3, -0.25) is 14.5 Å². The van der Waals surface area contributed by atoms with E-state index in [0.717, 1.165) is 44.0 Å². The summed E-state index contributed by atoms with van der Waals surface area (Å²) in [4.78, 5) is 28.5. The molecule has 0 unspecified atom stereocenters. The lowest BCUT2D eigenvalue weighted by Crippen LogP contribution is -2.37. The lowest BCUT2D eigenvalue weighted by Gasteiger charge is -2.27. The van der Waals surface area contributed by atoms with Crippen molar-refractivity contribution in [1.29, 1.82) is 0 Å². The molecule has 6 nitrogen and oxygen atoms in total. The third-order valence-corrected chi connectivity index (χ3v) is 5.01. The SMILES string of the molecule is C[C@@H]1CN(C(=O)c2ccccc2CN2CCOCC2)C[C@H]1C(N)=O. The summed E-state index contributed by atoms with van der Waals surface area (Å²) in [5, 5.41) is 0. The van der Waals surface area contributed by atoms with Crippen molar-refractivity contribution in [2.75, 3.05) is 39.4 Å². The number of likely N-dealkylation sites (tertiary alicyclic amines) is 1. The Morgan fingerprint density at radius 3 is 2.58 bits per heavy atom. The first-order valence-electron chi connectivity index (χ1n) is 8.53. The molecule has 1 aromatic rings. The highest BCUT2D eigenvalue weighted by Crippen LogP contribution is 2.25. The van der Waals surface area contributed by atoms with Gasteiger partial charge in [0.2, 0.25) is 5.91 Å². The van der Waals surface area contributed by atoms with Crippen molar-refractivity contribution in [3.63, 3.8) is 0 Å². The van der Waals surface area contributed by atoms with E-state index in [0.29, 0.717) is 13.1 Å². The molecular formula is C18H25N3O3. The number of rotatable bonds is 4. The van der Waals surface area contributed by atoms with Crippen LogP contribution in [0.25, 0.3) is 0 Å². The van der Waals surface area contributed by atoms with Crippen LogP contribution in [0.1, 0.15) is 22.8 Å². The van der Waals surface area contributed by atoms with Gasteiger partial charge in [0.25, 0.3) is 5.91 Å². The number of primary amides is 1. The summed E-state index contributed by atoms with van der Waals surface area (Å²) in [6.07, 6.45) is 0. The van der Waals surface area contributed by atoms with Crippen LogP contribution in [0.3, 0.4) is 0 Å². The third-order valence-electron chi connectivity index (χ3n) is 5.01. The van der Waals surface area contributed by atoms with Crippen LogP contribution >= 0.6 is 0 Å². The Bertz CT molecular complexity index is 613. The Morgan fingerprint density at radius 1 is 1.21 bits per heavy atom. The molecule has 0 saturated carbocycles.